The monoisotopic (exact) mass is 494 g/mol. The molecule has 1 aliphatic heterocycles. The molecule has 0 bridgehead atoms. The van der Waals surface area contributed by atoms with Crippen LogP contribution in [0.3, 0.4) is 0 Å². The van der Waals surface area contributed by atoms with Gasteiger partial charge in [-0.1, -0.05) is 60.1 Å². The number of likely N-dealkylation sites (N-methyl/N-ethyl adjacent to an activating group) is 1. The standard InChI is InChI=1S/C26H46N4O5/c1-8-10-20(26(34)35)28-24(32)22(17(4)5)29-23(31)21-11-9-14-30(21)25(33)18(6)12-13-19(27-7)15-16(2)3/h12-13,16-22,27H,8-11,14-15H2,1-7H3,(H,28,32)(H,29,31)(H,34,35)/b13-12+/t18-,19+,20-,21?,22-/m0/s1. The average molecular weight is 495 g/mol. The van der Waals surface area contributed by atoms with E-state index in [9.17, 15) is 24.3 Å². The van der Waals surface area contributed by atoms with Gasteiger partial charge in [0.15, 0.2) is 0 Å². The van der Waals surface area contributed by atoms with Gasteiger partial charge >= 0.3 is 5.97 Å². The van der Waals surface area contributed by atoms with Crippen LogP contribution in [0.5, 0.6) is 0 Å². The van der Waals surface area contributed by atoms with Gasteiger partial charge in [-0.3, -0.25) is 14.4 Å². The largest absolute Gasteiger partial charge is 0.480 e. The average Bonchev–Trinajstić information content (AvgIpc) is 3.28. The van der Waals surface area contributed by atoms with Crippen molar-refractivity contribution in [2.45, 2.75) is 97.8 Å². The Morgan fingerprint density at radius 3 is 2.23 bits per heavy atom. The molecule has 1 rings (SSSR count). The van der Waals surface area contributed by atoms with Crippen molar-refractivity contribution in [3.8, 4) is 0 Å². The Kier molecular flexibility index (Phi) is 13.0. The van der Waals surface area contributed by atoms with Crippen LogP contribution < -0.4 is 16.0 Å². The van der Waals surface area contributed by atoms with Crippen LogP contribution in [0.25, 0.3) is 0 Å². The summed E-state index contributed by atoms with van der Waals surface area (Å²) in [5, 5.41) is 17.9. The van der Waals surface area contributed by atoms with E-state index in [0.717, 1.165) is 6.42 Å². The second-order valence-electron chi connectivity index (χ2n) is 10.3. The normalized spacial score (nSPS) is 19.6. The highest BCUT2D eigenvalue weighted by atomic mass is 16.4. The van der Waals surface area contributed by atoms with E-state index in [1.54, 1.807) is 18.7 Å². The van der Waals surface area contributed by atoms with Gasteiger partial charge in [-0.05, 0) is 44.6 Å². The molecule has 1 unspecified atom stereocenters. The van der Waals surface area contributed by atoms with Crippen LogP contribution >= 0.6 is 0 Å². The molecule has 1 saturated heterocycles. The molecule has 9 nitrogen and oxygen atoms in total. The highest BCUT2D eigenvalue weighted by molar-refractivity contribution is 5.94. The maximum Gasteiger partial charge on any atom is 0.326 e. The lowest BCUT2D eigenvalue weighted by Crippen LogP contribution is -2.57. The summed E-state index contributed by atoms with van der Waals surface area (Å²) in [6, 6.07) is -2.35. The van der Waals surface area contributed by atoms with E-state index in [1.807, 2.05) is 33.0 Å². The van der Waals surface area contributed by atoms with Crippen LogP contribution in [-0.2, 0) is 19.2 Å². The second-order valence-corrected chi connectivity index (χ2v) is 10.3. The molecule has 0 saturated carbocycles. The van der Waals surface area contributed by atoms with Gasteiger partial charge in [-0.2, -0.15) is 0 Å². The third kappa shape index (κ3) is 9.63. The van der Waals surface area contributed by atoms with Crippen molar-refractivity contribution in [1.82, 2.24) is 20.9 Å². The van der Waals surface area contributed by atoms with Crippen LogP contribution in [0, 0.1) is 17.8 Å². The van der Waals surface area contributed by atoms with Gasteiger partial charge in [0.25, 0.3) is 0 Å². The number of aliphatic carboxylic acids is 1. The number of nitrogens with zero attached hydrogens (tertiary/aromatic N) is 1. The van der Waals surface area contributed by atoms with Gasteiger partial charge in [0.2, 0.25) is 17.7 Å². The van der Waals surface area contributed by atoms with E-state index in [1.165, 1.54) is 0 Å². The first-order valence-corrected chi connectivity index (χ1v) is 12.9. The minimum atomic E-state index is -1.10. The van der Waals surface area contributed by atoms with Gasteiger partial charge in [0.1, 0.15) is 18.1 Å². The van der Waals surface area contributed by atoms with Crippen LogP contribution in [0.2, 0.25) is 0 Å². The lowest BCUT2D eigenvalue weighted by Gasteiger charge is -2.29. The maximum atomic E-state index is 13.2. The van der Waals surface area contributed by atoms with Crippen molar-refractivity contribution in [2.75, 3.05) is 13.6 Å². The summed E-state index contributed by atoms with van der Waals surface area (Å²) in [6.07, 6.45) is 7.02. The Morgan fingerprint density at radius 2 is 1.71 bits per heavy atom. The van der Waals surface area contributed by atoms with Gasteiger partial charge < -0.3 is 26.0 Å². The Hall–Kier alpha value is -2.42. The highest BCUT2D eigenvalue weighted by Gasteiger charge is 2.38. The number of amides is 3. The van der Waals surface area contributed by atoms with Crippen LogP contribution in [0.4, 0.5) is 0 Å². The lowest BCUT2D eigenvalue weighted by atomic mass is 10.0. The molecule has 9 heteroatoms. The SMILES string of the molecule is CCC[C@H](NC(=O)[C@@H](NC(=O)C1CCCN1C(=O)[C@@H](C)/C=C/[C@H](CC(C)C)NC)C(C)C)C(=O)O. The van der Waals surface area contributed by atoms with Crippen LogP contribution in [0.1, 0.15) is 73.6 Å². The van der Waals surface area contributed by atoms with E-state index < -0.39 is 30.0 Å². The zero-order valence-electron chi connectivity index (χ0n) is 22.5. The molecule has 0 aromatic rings. The Bertz CT molecular complexity index is 752. The quantitative estimate of drug-likeness (QED) is 0.274. The summed E-state index contributed by atoms with van der Waals surface area (Å²) >= 11 is 0. The highest BCUT2D eigenvalue weighted by Crippen LogP contribution is 2.21. The van der Waals surface area contributed by atoms with Gasteiger partial charge in [0.05, 0.1) is 5.92 Å². The summed E-state index contributed by atoms with van der Waals surface area (Å²) < 4.78 is 0. The first-order valence-electron chi connectivity index (χ1n) is 12.9. The summed E-state index contributed by atoms with van der Waals surface area (Å²) in [5.74, 6) is -2.22. The van der Waals surface area contributed by atoms with Crippen molar-refractivity contribution in [3.63, 3.8) is 0 Å². The molecule has 0 spiro atoms. The molecule has 200 valence electrons. The molecule has 0 aromatic heterocycles. The van der Waals surface area contributed by atoms with Gasteiger partial charge in [-0.25, -0.2) is 4.79 Å². The predicted molar refractivity (Wildman–Crippen MR) is 137 cm³/mol. The van der Waals surface area contributed by atoms with Crippen molar-refractivity contribution in [1.29, 1.82) is 0 Å². The minimum absolute atomic E-state index is 0.113. The summed E-state index contributed by atoms with van der Waals surface area (Å²) in [7, 11) is 1.90. The van der Waals surface area contributed by atoms with E-state index in [4.69, 9.17) is 0 Å². The third-order valence-electron chi connectivity index (χ3n) is 6.40. The van der Waals surface area contributed by atoms with Crippen molar-refractivity contribution in [2.24, 2.45) is 17.8 Å². The molecule has 35 heavy (non-hydrogen) atoms. The number of hydrogen-bond donors (Lipinski definition) is 4. The fraction of sp³-hybridized carbons (Fsp3) is 0.769. The molecule has 3 amide bonds. The molecule has 1 fully saturated rings. The van der Waals surface area contributed by atoms with E-state index in [2.05, 4.69) is 29.8 Å². The van der Waals surface area contributed by atoms with Gasteiger partial charge in [-0.15, -0.1) is 0 Å². The van der Waals surface area contributed by atoms with Crippen LogP contribution in [0.15, 0.2) is 12.2 Å². The van der Waals surface area contributed by atoms with Crippen molar-refractivity contribution in [3.05, 3.63) is 12.2 Å². The molecular weight excluding hydrogens is 448 g/mol. The maximum absolute atomic E-state index is 13.2. The number of nitrogens with one attached hydrogen (secondary N) is 3. The zero-order chi connectivity index (χ0) is 26.7. The smallest absolute Gasteiger partial charge is 0.326 e. The molecule has 4 N–H and O–H groups in total. The fourth-order valence-corrected chi connectivity index (χ4v) is 4.34. The topological polar surface area (TPSA) is 128 Å². The molecular formula is C26H46N4O5. The van der Waals surface area contributed by atoms with Gasteiger partial charge in [0, 0.05) is 12.6 Å². The summed E-state index contributed by atoms with van der Waals surface area (Å²) in [5.41, 5.74) is 0. The molecule has 0 aliphatic carbocycles. The van der Waals surface area contributed by atoms with Crippen molar-refractivity contribution < 1.29 is 24.3 Å². The predicted octanol–water partition coefficient (Wildman–Crippen LogP) is 2.31. The lowest BCUT2D eigenvalue weighted by molar-refractivity contribution is -0.143. The number of carboxylic acids is 1. The first-order chi connectivity index (χ1) is 16.4. The number of carbonyl (C=O) groups is 4. The second kappa shape index (κ2) is 14.9. The number of carbonyl (C=O) groups excluding carboxylic acids is 3. The molecule has 1 aliphatic rings. The van der Waals surface area contributed by atoms with Crippen molar-refractivity contribution >= 4 is 23.7 Å². The minimum Gasteiger partial charge on any atom is -0.480 e. The number of hydrogen-bond acceptors (Lipinski definition) is 5. The van der Waals surface area contributed by atoms with E-state index in [-0.39, 0.29) is 29.7 Å². The van der Waals surface area contributed by atoms with E-state index in [0.29, 0.717) is 38.1 Å². The Balaban J connectivity index is 2.87. The molecule has 5 atom stereocenters. The number of rotatable bonds is 14. The Morgan fingerprint density at radius 1 is 1.06 bits per heavy atom. The number of carboxylic acid groups (broad SMARTS) is 1. The first kappa shape index (κ1) is 30.6. The fourth-order valence-electron chi connectivity index (χ4n) is 4.34. The Labute approximate surface area is 210 Å². The van der Waals surface area contributed by atoms with E-state index >= 15 is 0 Å². The van der Waals surface area contributed by atoms with Crippen LogP contribution in [-0.4, -0.2) is 71.5 Å². The number of likely N-dealkylation sites (tertiary alicyclic amines) is 1. The molecule has 1 heterocycles. The third-order valence-corrected chi connectivity index (χ3v) is 6.40. The molecule has 0 radical (unpaired) electrons. The zero-order valence-corrected chi connectivity index (χ0v) is 22.5. The summed E-state index contributed by atoms with van der Waals surface area (Å²) in [6.45, 7) is 12.0. The molecule has 0 aromatic carbocycles. The summed E-state index contributed by atoms with van der Waals surface area (Å²) in [4.78, 5) is 52.2.